The van der Waals surface area contributed by atoms with Gasteiger partial charge in [-0.1, -0.05) is 65.4 Å². The van der Waals surface area contributed by atoms with E-state index in [9.17, 15) is 0 Å². The molecule has 0 amide bonds. The van der Waals surface area contributed by atoms with Crippen LogP contribution in [0.3, 0.4) is 0 Å². The topological polar surface area (TPSA) is 0 Å². The zero-order chi connectivity index (χ0) is 19.3. The van der Waals surface area contributed by atoms with E-state index in [1.807, 2.05) is 11.8 Å². The van der Waals surface area contributed by atoms with Crippen LogP contribution in [0.4, 0.5) is 0 Å². The minimum Gasteiger partial charge on any atom is -0.173 e. The highest BCUT2D eigenvalue weighted by molar-refractivity contribution is 8.17. The van der Waals surface area contributed by atoms with Gasteiger partial charge in [0.2, 0.25) is 0 Å². The van der Waals surface area contributed by atoms with Crippen LogP contribution in [0.1, 0.15) is 11.1 Å². The maximum Gasteiger partial charge on any atom is 0.0123 e. The molecule has 0 N–H and O–H groups in total. The van der Waals surface area contributed by atoms with Crippen LogP contribution in [-0.4, -0.2) is 0 Å². The fraction of sp³-hybridized carbons (Fsp3) is 0.0769. The second-order valence-electron chi connectivity index (χ2n) is 6.92. The molecule has 0 fully saturated rings. The molecule has 0 saturated carbocycles. The number of rotatable bonds is 5. The number of thiol groups is 1. The predicted octanol–water partition coefficient (Wildman–Crippen LogP) is 7.93. The van der Waals surface area contributed by atoms with Crippen LogP contribution in [0.2, 0.25) is 0 Å². The Bertz CT molecular complexity index is 973. The van der Waals surface area contributed by atoms with Crippen molar-refractivity contribution in [1.29, 1.82) is 0 Å². The Labute approximate surface area is 175 Å². The first-order valence-corrected chi connectivity index (χ1v) is 11.6. The number of benzene rings is 4. The molecule has 140 valence electrons. The monoisotopic (exact) mass is 400 g/mol. The Morgan fingerprint density at radius 2 is 0.857 bits per heavy atom. The lowest BCUT2D eigenvalue weighted by Gasteiger charge is -2.24. The van der Waals surface area contributed by atoms with E-state index >= 15 is 0 Å². The minimum atomic E-state index is -0.552. The molecule has 28 heavy (non-hydrogen) atoms. The lowest BCUT2D eigenvalue weighted by molar-refractivity contribution is 1.27. The zero-order valence-corrected chi connectivity index (χ0v) is 17.9. The summed E-state index contributed by atoms with van der Waals surface area (Å²) in [5, 5.41) is 0. The first-order chi connectivity index (χ1) is 13.7. The second-order valence-corrected chi connectivity index (χ2v) is 10.3. The van der Waals surface area contributed by atoms with Gasteiger partial charge in [0.05, 0.1) is 0 Å². The molecule has 4 rings (SSSR count). The molecule has 0 heterocycles. The summed E-state index contributed by atoms with van der Waals surface area (Å²) in [6.45, 7) is 4.29. The fourth-order valence-electron chi connectivity index (χ4n) is 3.12. The predicted molar refractivity (Wildman–Crippen MR) is 123 cm³/mol. The molecule has 0 aliphatic heterocycles. The van der Waals surface area contributed by atoms with Gasteiger partial charge in [-0.15, -0.1) is 0 Å². The molecule has 0 spiro atoms. The van der Waals surface area contributed by atoms with Gasteiger partial charge >= 0.3 is 0 Å². The molecule has 0 aliphatic carbocycles. The Kier molecular flexibility index (Phi) is 5.90. The molecular weight excluding hydrogens is 376 g/mol. The van der Waals surface area contributed by atoms with Crippen molar-refractivity contribution in [3.63, 3.8) is 0 Å². The molecule has 0 bridgehead atoms. The SMILES string of the molecule is Cc1ccc([SH](c2ccc(C)cc2)c2ccc(Sc3ccccc3)cc2)cc1. The lowest BCUT2D eigenvalue weighted by Crippen LogP contribution is -1.89. The molecule has 2 heteroatoms. The molecule has 0 aromatic heterocycles. The highest BCUT2D eigenvalue weighted by Crippen LogP contribution is 2.51. The van der Waals surface area contributed by atoms with Crippen molar-refractivity contribution in [3.05, 3.63) is 114 Å². The Morgan fingerprint density at radius 3 is 1.32 bits per heavy atom. The van der Waals surface area contributed by atoms with E-state index in [2.05, 4.69) is 117 Å². The third-order valence-corrected chi connectivity index (χ3v) is 8.12. The van der Waals surface area contributed by atoms with Crippen LogP contribution >= 0.6 is 22.7 Å². The number of hydrogen-bond donors (Lipinski definition) is 1. The Hall–Kier alpha value is -2.42. The summed E-state index contributed by atoms with van der Waals surface area (Å²) < 4.78 is 0. The number of aryl methyl sites for hydroxylation is 2. The molecular formula is C26H24S2. The summed E-state index contributed by atoms with van der Waals surface area (Å²) in [6, 6.07) is 37.7. The van der Waals surface area contributed by atoms with Crippen LogP contribution in [0.5, 0.6) is 0 Å². The average Bonchev–Trinajstić information content (AvgIpc) is 2.73. The van der Waals surface area contributed by atoms with Gasteiger partial charge in [0, 0.05) is 9.79 Å². The summed E-state index contributed by atoms with van der Waals surface area (Å²) in [5.41, 5.74) is 2.61. The third kappa shape index (κ3) is 4.52. The van der Waals surface area contributed by atoms with E-state index in [1.54, 1.807) is 0 Å². The van der Waals surface area contributed by atoms with Gasteiger partial charge in [-0.3, -0.25) is 0 Å². The van der Waals surface area contributed by atoms with Crippen molar-refractivity contribution < 1.29 is 0 Å². The van der Waals surface area contributed by atoms with Gasteiger partial charge in [-0.05, 0) is 89.2 Å². The number of hydrogen-bond acceptors (Lipinski definition) is 1. The van der Waals surface area contributed by atoms with Crippen LogP contribution in [0.25, 0.3) is 0 Å². The quantitative estimate of drug-likeness (QED) is 0.332. The average molecular weight is 401 g/mol. The first-order valence-electron chi connectivity index (χ1n) is 9.45. The Morgan fingerprint density at radius 1 is 0.464 bits per heavy atom. The van der Waals surface area contributed by atoms with Crippen molar-refractivity contribution in [2.24, 2.45) is 0 Å². The van der Waals surface area contributed by atoms with Crippen LogP contribution in [0.15, 0.2) is 128 Å². The Balaban J connectivity index is 1.68. The highest BCUT2D eigenvalue weighted by Gasteiger charge is 2.13. The normalized spacial score (nSPS) is 11.3. The van der Waals surface area contributed by atoms with Gasteiger partial charge in [0.1, 0.15) is 0 Å². The molecule has 0 unspecified atom stereocenters. The summed E-state index contributed by atoms with van der Waals surface area (Å²) in [5.74, 6) is 0. The maximum absolute atomic E-state index is 2.30. The maximum atomic E-state index is 2.30. The molecule has 0 nitrogen and oxygen atoms in total. The van der Waals surface area contributed by atoms with E-state index < -0.39 is 10.9 Å². The zero-order valence-electron chi connectivity index (χ0n) is 16.2. The van der Waals surface area contributed by atoms with E-state index in [0.29, 0.717) is 0 Å². The summed E-state index contributed by atoms with van der Waals surface area (Å²) in [6.07, 6.45) is 0. The van der Waals surface area contributed by atoms with Crippen molar-refractivity contribution in [2.75, 3.05) is 0 Å². The standard InChI is InChI=1S/C26H24S2/c1-20-8-14-24(15-9-20)28(25-16-10-21(2)11-17-25)26-18-12-23(13-19-26)27-22-6-4-3-5-7-22/h3-19,28H,1-2H3. The fourth-order valence-corrected chi connectivity index (χ4v) is 6.20. The highest BCUT2D eigenvalue weighted by atomic mass is 32.2. The van der Waals surface area contributed by atoms with E-state index in [4.69, 9.17) is 0 Å². The summed E-state index contributed by atoms with van der Waals surface area (Å²) >= 11 is 1.81. The van der Waals surface area contributed by atoms with Gasteiger partial charge in [-0.25, -0.2) is 0 Å². The van der Waals surface area contributed by atoms with Crippen LogP contribution in [0, 0.1) is 13.8 Å². The van der Waals surface area contributed by atoms with Crippen molar-refractivity contribution >= 4 is 22.7 Å². The van der Waals surface area contributed by atoms with Gasteiger partial charge in [0.15, 0.2) is 0 Å². The smallest absolute Gasteiger partial charge is 0.0123 e. The van der Waals surface area contributed by atoms with E-state index in [-0.39, 0.29) is 0 Å². The largest absolute Gasteiger partial charge is 0.173 e. The third-order valence-electron chi connectivity index (χ3n) is 4.66. The molecule has 0 saturated heterocycles. The van der Waals surface area contributed by atoms with E-state index in [0.717, 1.165) is 0 Å². The van der Waals surface area contributed by atoms with Crippen LogP contribution < -0.4 is 0 Å². The first kappa shape index (κ1) is 18.9. The second kappa shape index (κ2) is 8.72. The van der Waals surface area contributed by atoms with Crippen molar-refractivity contribution in [3.8, 4) is 0 Å². The molecule has 4 aromatic rings. The van der Waals surface area contributed by atoms with Crippen molar-refractivity contribution in [1.82, 2.24) is 0 Å². The molecule has 4 aromatic carbocycles. The minimum absolute atomic E-state index is 0.552. The summed E-state index contributed by atoms with van der Waals surface area (Å²) in [7, 11) is -0.552. The van der Waals surface area contributed by atoms with Gasteiger partial charge in [-0.2, -0.15) is 10.9 Å². The van der Waals surface area contributed by atoms with Gasteiger partial charge in [0.25, 0.3) is 0 Å². The van der Waals surface area contributed by atoms with Gasteiger partial charge < -0.3 is 0 Å². The lowest BCUT2D eigenvalue weighted by atomic mass is 10.2. The van der Waals surface area contributed by atoms with E-state index in [1.165, 1.54) is 35.6 Å². The van der Waals surface area contributed by atoms with Crippen LogP contribution in [-0.2, 0) is 0 Å². The summed E-state index contributed by atoms with van der Waals surface area (Å²) in [4.78, 5) is 6.73. The molecule has 0 atom stereocenters. The molecule has 0 radical (unpaired) electrons. The molecule has 0 aliphatic rings. The van der Waals surface area contributed by atoms with Crippen molar-refractivity contribution in [2.45, 2.75) is 38.3 Å².